The number of rotatable bonds is 2. The smallest absolute Gasteiger partial charge is 0.116 e. The van der Waals surface area contributed by atoms with Crippen LogP contribution < -0.4 is 5.32 Å². The van der Waals surface area contributed by atoms with Gasteiger partial charge in [0.15, 0.2) is 0 Å². The summed E-state index contributed by atoms with van der Waals surface area (Å²) < 4.78 is 0.935. The highest BCUT2D eigenvalue weighted by atomic mass is 79.9. The van der Waals surface area contributed by atoms with Crippen molar-refractivity contribution >= 4 is 15.9 Å². The molecule has 3 heteroatoms. The maximum atomic E-state index is 9.14. The zero-order chi connectivity index (χ0) is 9.14. The number of phenols is 1. The third-order valence-electron chi connectivity index (χ3n) is 1.88. The molecule has 66 valence electrons. The second kappa shape index (κ2) is 3.92. The van der Waals surface area contributed by atoms with Crippen molar-refractivity contribution in [3.05, 3.63) is 28.2 Å². The zero-order valence-electron chi connectivity index (χ0n) is 7.13. The predicted molar refractivity (Wildman–Crippen MR) is 53.3 cm³/mol. The first-order valence-corrected chi connectivity index (χ1v) is 4.60. The van der Waals surface area contributed by atoms with Crippen LogP contribution in [0.15, 0.2) is 22.7 Å². The van der Waals surface area contributed by atoms with Crippen LogP contribution in [-0.4, -0.2) is 12.2 Å². The lowest BCUT2D eigenvalue weighted by molar-refractivity contribution is 0.474. The van der Waals surface area contributed by atoms with Gasteiger partial charge in [0.05, 0.1) is 0 Å². The van der Waals surface area contributed by atoms with E-state index in [1.54, 1.807) is 12.1 Å². The normalized spacial score (nSPS) is 12.9. The Kier molecular flexibility index (Phi) is 3.12. The maximum absolute atomic E-state index is 9.14. The minimum absolute atomic E-state index is 0.286. The van der Waals surface area contributed by atoms with Gasteiger partial charge in [-0.3, -0.25) is 0 Å². The topological polar surface area (TPSA) is 32.3 Å². The number of phenolic OH excluding ortho intramolecular Hbond substituents is 1. The van der Waals surface area contributed by atoms with Gasteiger partial charge in [0.2, 0.25) is 0 Å². The molecule has 0 bridgehead atoms. The lowest BCUT2D eigenvalue weighted by Gasteiger charge is -2.12. The van der Waals surface area contributed by atoms with E-state index in [1.807, 2.05) is 13.1 Å². The van der Waals surface area contributed by atoms with Crippen LogP contribution in [0.25, 0.3) is 0 Å². The number of nitrogens with one attached hydrogen (secondary N) is 1. The molecule has 0 aliphatic heterocycles. The first-order valence-electron chi connectivity index (χ1n) is 3.81. The molecule has 0 aliphatic carbocycles. The third-order valence-corrected chi connectivity index (χ3v) is 2.57. The summed E-state index contributed by atoms with van der Waals surface area (Å²) in [5, 5.41) is 12.3. The standard InChI is InChI=1S/C9H12BrNO/c1-6(11-2)8-4-3-7(12)5-9(8)10/h3-6,11-12H,1-2H3. The Hall–Kier alpha value is -0.540. The molecule has 1 atom stereocenters. The van der Waals surface area contributed by atoms with Gasteiger partial charge in [-0.05, 0) is 31.7 Å². The molecule has 0 saturated carbocycles. The average Bonchev–Trinajstić information content (AvgIpc) is 2.03. The van der Waals surface area contributed by atoms with E-state index >= 15 is 0 Å². The second-order valence-corrected chi connectivity index (χ2v) is 3.57. The summed E-state index contributed by atoms with van der Waals surface area (Å²) in [6.45, 7) is 2.07. The van der Waals surface area contributed by atoms with Crippen molar-refractivity contribution in [1.82, 2.24) is 5.32 Å². The Morgan fingerprint density at radius 3 is 2.67 bits per heavy atom. The fourth-order valence-electron chi connectivity index (χ4n) is 1.02. The summed E-state index contributed by atoms with van der Waals surface area (Å²) in [6.07, 6.45) is 0. The Morgan fingerprint density at radius 1 is 1.50 bits per heavy atom. The summed E-state index contributed by atoms with van der Waals surface area (Å²) in [5.41, 5.74) is 1.15. The molecule has 2 N–H and O–H groups in total. The van der Waals surface area contributed by atoms with Gasteiger partial charge in [-0.2, -0.15) is 0 Å². The fourth-order valence-corrected chi connectivity index (χ4v) is 1.73. The average molecular weight is 230 g/mol. The van der Waals surface area contributed by atoms with E-state index in [0.29, 0.717) is 6.04 Å². The van der Waals surface area contributed by atoms with Crippen LogP contribution in [0.5, 0.6) is 5.75 Å². The third kappa shape index (κ3) is 1.99. The SMILES string of the molecule is CNC(C)c1ccc(O)cc1Br. The Bertz CT molecular complexity index is 275. The molecule has 0 saturated heterocycles. The summed E-state index contributed by atoms with van der Waals surface area (Å²) in [6, 6.07) is 5.58. The van der Waals surface area contributed by atoms with Crippen LogP contribution in [0.1, 0.15) is 18.5 Å². The first-order chi connectivity index (χ1) is 5.65. The van der Waals surface area contributed by atoms with Crippen LogP contribution >= 0.6 is 15.9 Å². The van der Waals surface area contributed by atoms with Gasteiger partial charge < -0.3 is 10.4 Å². The quantitative estimate of drug-likeness (QED) is 0.817. The highest BCUT2D eigenvalue weighted by molar-refractivity contribution is 9.10. The lowest BCUT2D eigenvalue weighted by Crippen LogP contribution is -2.12. The summed E-state index contributed by atoms with van der Waals surface area (Å²) in [5.74, 6) is 0.286. The Labute approximate surface area is 80.7 Å². The molecule has 0 radical (unpaired) electrons. The Morgan fingerprint density at radius 2 is 2.17 bits per heavy atom. The molecule has 0 aliphatic rings. The molecule has 0 heterocycles. The van der Waals surface area contributed by atoms with E-state index in [0.717, 1.165) is 10.0 Å². The number of halogens is 1. The van der Waals surface area contributed by atoms with Crippen LogP contribution in [0.3, 0.4) is 0 Å². The first kappa shape index (κ1) is 9.55. The summed E-state index contributed by atoms with van der Waals surface area (Å²) in [7, 11) is 1.91. The summed E-state index contributed by atoms with van der Waals surface area (Å²) in [4.78, 5) is 0. The van der Waals surface area contributed by atoms with Gasteiger partial charge in [-0.25, -0.2) is 0 Å². The van der Waals surface area contributed by atoms with Crippen molar-refractivity contribution in [2.24, 2.45) is 0 Å². The number of benzene rings is 1. The molecule has 12 heavy (non-hydrogen) atoms. The monoisotopic (exact) mass is 229 g/mol. The van der Waals surface area contributed by atoms with E-state index in [-0.39, 0.29) is 5.75 Å². The molecule has 1 rings (SSSR count). The molecule has 1 unspecified atom stereocenters. The molecular weight excluding hydrogens is 218 g/mol. The van der Waals surface area contributed by atoms with Crippen LogP contribution in [0.4, 0.5) is 0 Å². The van der Waals surface area contributed by atoms with Gasteiger partial charge in [0, 0.05) is 10.5 Å². The number of aromatic hydroxyl groups is 1. The highest BCUT2D eigenvalue weighted by Crippen LogP contribution is 2.26. The molecule has 0 fully saturated rings. The van der Waals surface area contributed by atoms with E-state index in [1.165, 1.54) is 0 Å². The van der Waals surface area contributed by atoms with Crippen LogP contribution in [-0.2, 0) is 0 Å². The fraction of sp³-hybridized carbons (Fsp3) is 0.333. The van der Waals surface area contributed by atoms with E-state index in [4.69, 9.17) is 5.11 Å². The van der Waals surface area contributed by atoms with Crippen LogP contribution in [0.2, 0.25) is 0 Å². The van der Waals surface area contributed by atoms with Crippen molar-refractivity contribution in [3.8, 4) is 5.75 Å². The molecule has 2 nitrogen and oxygen atoms in total. The molecular formula is C9H12BrNO. The second-order valence-electron chi connectivity index (χ2n) is 2.72. The zero-order valence-corrected chi connectivity index (χ0v) is 8.72. The largest absolute Gasteiger partial charge is 0.508 e. The predicted octanol–water partition coefficient (Wildman–Crippen LogP) is 2.44. The lowest BCUT2D eigenvalue weighted by atomic mass is 10.1. The van der Waals surface area contributed by atoms with Gasteiger partial charge in [0.25, 0.3) is 0 Å². The van der Waals surface area contributed by atoms with Crippen molar-refractivity contribution in [1.29, 1.82) is 0 Å². The van der Waals surface area contributed by atoms with Crippen molar-refractivity contribution in [2.75, 3.05) is 7.05 Å². The van der Waals surface area contributed by atoms with Gasteiger partial charge in [0.1, 0.15) is 5.75 Å². The van der Waals surface area contributed by atoms with E-state index in [2.05, 4.69) is 28.2 Å². The molecule has 1 aromatic rings. The maximum Gasteiger partial charge on any atom is 0.116 e. The molecule has 1 aromatic carbocycles. The number of hydrogen-bond acceptors (Lipinski definition) is 2. The number of hydrogen-bond donors (Lipinski definition) is 2. The Balaban J connectivity index is 3.01. The van der Waals surface area contributed by atoms with E-state index < -0.39 is 0 Å². The van der Waals surface area contributed by atoms with Gasteiger partial charge >= 0.3 is 0 Å². The molecule has 0 aromatic heterocycles. The summed E-state index contributed by atoms with van der Waals surface area (Å²) >= 11 is 3.39. The molecule has 0 amide bonds. The minimum Gasteiger partial charge on any atom is -0.508 e. The van der Waals surface area contributed by atoms with E-state index in [9.17, 15) is 0 Å². The van der Waals surface area contributed by atoms with Crippen molar-refractivity contribution in [2.45, 2.75) is 13.0 Å². The van der Waals surface area contributed by atoms with Crippen LogP contribution in [0, 0.1) is 0 Å². The van der Waals surface area contributed by atoms with Gasteiger partial charge in [-0.1, -0.05) is 22.0 Å². The minimum atomic E-state index is 0.286. The van der Waals surface area contributed by atoms with Crippen molar-refractivity contribution < 1.29 is 5.11 Å². The molecule has 0 spiro atoms. The van der Waals surface area contributed by atoms with Crippen molar-refractivity contribution in [3.63, 3.8) is 0 Å². The highest BCUT2D eigenvalue weighted by Gasteiger charge is 2.06. The van der Waals surface area contributed by atoms with Gasteiger partial charge in [-0.15, -0.1) is 0 Å².